The Labute approximate surface area is 116 Å². The Kier molecular flexibility index (Phi) is 5.76. The molecule has 106 valence electrons. The van der Waals surface area contributed by atoms with Crippen molar-refractivity contribution in [2.45, 2.75) is 20.0 Å². The summed E-state index contributed by atoms with van der Waals surface area (Å²) in [4.78, 5) is 9.35. The SMILES string of the molecule is CCN(CC)CCN1CCOC(c2ccccn2)C1. The molecule has 1 aromatic heterocycles. The molecule has 2 heterocycles. The molecule has 2 rings (SSSR count). The van der Waals surface area contributed by atoms with Crippen LogP contribution in [0.15, 0.2) is 24.4 Å². The van der Waals surface area contributed by atoms with E-state index in [9.17, 15) is 0 Å². The Morgan fingerprint density at radius 1 is 1.37 bits per heavy atom. The molecule has 0 aromatic carbocycles. The minimum atomic E-state index is 0.131. The third-order valence-corrected chi connectivity index (χ3v) is 3.80. The topological polar surface area (TPSA) is 28.6 Å². The first-order chi connectivity index (χ1) is 9.33. The van der Waals surface area contributed by atoms with Crippen LogP contribution in [0.3, 0.4) is 0 Å². The molecule has 1 aliphatic rings. The van der Waals surface area contributed by atoms with Crippen molar-refractivity contribution in [3.05, 3.63) is 30.1 Å². The zero-order valence-corrected chi connectivity index (χ0v) is 12.1. The summed E-state index contributed by atoms with van der Waals surface area (Å²) in [7, 11) is 0. The van der Waals surface area contributed by atoms with Crippen molar-refractivity contribution in [3.63, 3.8) is 0 Å². The maximum atomic E-state index is 5.84. The summed E-state index contributed by atoms with van der Waals surface area (Å²) < 4.78 is 5.84. The molecule has 0 radical (unpaired) electrons. The number of hydrogen-bond acceptors (Lipinski definition) is 4. The van der Waals surface area contributed by atoms with E-state index in [2.05, 4.69) is 34.7 Å². The Hall–Kier alpha value is -0.970. The Morgan fingerprint density at radius 2 is 2.21 bits per heavy atom. The zero-order valence-electron chi connectivity index (χ0n) is 12.1. The largest absolute Gasteiger partial charge is 0.369 e. The van der Waals surface area contributed by atoms with E-state index in [-0.39, 0.29) is 6.10 Å². The molecule has 1 unspecified atom stereocenters. The number of pyridine rings is 1. The van der Waals surface area contributed by atoms with Gasteiger partial charge in [-0.15, -0.1) is 0 Å². The number of likely N-dealkylation sites (N-methyl/N-ethyl adjacent to an activating group) is 1. The minimum Gasteiger partial charge on any atom is -0.369 e. The maximum absolute atomic E-state index is 5.84. The van der Waals surface area contributed by atoms with Crippen LogP contribution in [0.4, 0.5) is 0 Å². The van der Waals surface area contributed by atoms with Crippen molar-refractivity contribution < 1.29 is 4.74 Å². The molecule has 19 heavy (non-hydrogen) atoms. The van der Waals surface area contributed by atoms with Gasteiger partial charge < -0.3 is 9.64 Å². The fraction of sp³-hybridized carbons (Fsp3) is 0.667. The normalized spacial score (nSPS) is 20.9. The number of aromatic nitrogens is 1. The highest BCUT2D eigenvalue weighted by Gasteiger charge is 2.22. The molecule has 1 aliphatic heterocycles. The van der Waals surface area contributed by atoms with E-state index in [4.69, 9.17) is 4.74 Å². The second-order valence-electron chi connectivity index (χ2n) is 4.94. The molecule has 0 amide bonds. The fourth-order valence-corrected chi connectivity index (χ4v) is 2.47. The zero-order chi connectivity index (χ0) is 13.5. The molecule has 1 aromatic rings. The number of rotatable bonds is 6. The fourth-order valence-electron chi connectivity index (χ4n) is 2.47. The summed E-state index contributed by atoms with van der Waals surface area (Å²) in [5.41, 5.74) is 1.05. The number of morpholine rings is 1. The second-order valence-corrected chi connectivity index (χ2v) is 4.94. The van der Waals surface area contributed by atoms with E-state index in [1.807, 2.05) is 18.3 Å². The summed E-state index contributed by atoms with van der Waals surface area (Å²) >= 11 is 0. The quantitative estimate of drug-likeness (QED) is 0.782. The van der Waals surface area contributed by atoms with E-state index in [0.717, 1.165) is 51.6 Å². The van der Waals surface area contributed by atoms with Crippen molar-refractivity contribution in [2.24, 2.45) is 0 Å². The van der Waals surface area contributed by atoms with Gasteiger partial charge in [-0.3, -0.25) is 9.88 Å². The summed E-state index contributed by atoms with van der Waals surface area (Å²) in [6.07, 6.45) is 1.97. The van der Waals surface area contributed by atoms with Gasteiger partial charge in [0.1, 0.15) is 6.10 Å². The highest BCUT2D eigenvalue weighted by molar-refractivity contribution is 5.08. The van der Waals surface area contributed by atoms with E-state index < -0.39 is 0 Å². The third-order valence-electron chi connectivity index (χ3n) is 3.80. The van der Waals surface area contributed by atoms with Crippen LogP contribution in [0.2, 0.25) is 0 Å². The van der Waals surface area contributed by atoms with Crippen molar-refractivity contribution in [2.75, 3.05) is 45.9 Å². The van der Waals surface area contributed by atoms with Gasteiger partial charge in [0.05, 0.1) is 12.3 Å². The monoisotopic (exact) mass is 263 g/mol. The van der Waals surface area contributed by atoms with E-state index in [0.29, 0.717) is 0 Å². The summed E-state index contributed by atoms with van der Waals surface area (Å²) in [6.45, 7) is 11.8. The molecule has 1 fully saturated rings. The number of nitrogens with zero attached hydrogens (tertiary/aromatic N) is 3. The molecule has 0 spiro atoms. The van der Waals surface area contributed by atoms with Gasteiger partial charge in [-0.25, -0.2) is 0 Å². The molecule has 0 bridgehead atoms. The first kappa shape index (κ1) is 14.4. The lowest BCUT2D eigenvalue weighted by atomic mass is 10.2. The van der Waals surface area contributed by atoms with E-state index in [1.165, 1.54) is 0 Å². The average Bonchev–Trinajstić information content (AvgIpc) is 2.49. The van der Waals surface area contributed by atoms with Gasteiger partial charge in [0.2, 0.25) is 0 Å². The van der Waals surface area contributed by atoms with Crippen LogP contribution in [0.5, 0.6) is 0 Å². The van der Waals surface area contributed by atoms with Gasteiger partial charge in [0, 0.05) is 32.4 Å². The molecule has 1 atom stereocenters. The van der Waals surface area contributed by atoms with Crippen LogP contribution < -0.4 is 0 Å². The van der Waals surface area contributed by atoms with Gasteiger partial charge in [-0.05, 0) is 25.2 Å². The molecule has 4 nitrogen and oxygen atoms in total. The van der Waals surface area contributed by atoms with Crippen LogP contribution in [-0.2, 0) is 4.74 Å². The lowest BCUT2D eigenvalue weighted by molar-refractivity contribution is -0.0339. The lowest BCUT2D eigenvalue weighted by Crippen LogP contribution is -2.42. The Bertz CT molecular complexity index is 354. The van der Waals surface area contributed by atoms with Crippen LogP contribution in [0, 0.1) is 0 Å². The molecule has 4 heteroatoms. The molecule has 0 aliphatic carbocycles. The third kappa shape index (κ3) is 4.27. The molecule has 0 saturated carbocycles. The highest BCUT2D eigenvalue weighted by atomic mass is 16.5. The van der Waals surface area contributed by atoms with Crippen molar-refractivity contribution in [1.82, 2.24) is 14.8 Å². The molecule has 0 N–H and O–H groups in total. The van der Waals surface area contributed by atoms with Crippen LogP contribution in [0.1, 0.15) is 25.6 Å². The summed E-state index contributed by atoms with van der Waals surface area (Å²) in [6, 6.07) is 6.03. The smallest absolute Gasteiger partial charge is 0.112 e. The van der Waals surface area contributed by atoms with E-state index in [1.54, 1.807) is 0 Å². The predicted molar refractivity (Wildman–Crippen MR) is 77.2 cm³/mol. The second kappa shape index (κ2) is 7.58. The number of hydrogen-bond donors (Lipinski definition) is 0. The maximum Gasteiger partial charge on any atom is 0.112 e. The van der Waals surface area contributed by atoms with Crippen molar-refractivity contribution in [3.8, 4) is 0 Å². The van der Waals surface area contributed by atoms with Crippen LogP contribution in [-0.4, -0.2) is 60.7 Å². The summed E-state index contributed by atoms with van der Waals surface area (Å²) in [5, 5.41) is 0. The Balaban J connectivity index is 1.84. The van der Waals surface area contributed by atoms with Gasteiger partial charge in [-0.1, -0.05) is 19.9 Å². The lowest BCUT2D eigenvalue weighted by Gasteiger charge is -2.33. The first-order valence-corrected chi connectivity index (χ1v) is 7.30. The van der Waals surface area contributed by atoms with Gasteiger partial charge in [0.15, 0.2) is 0 Å². The first-order valence-electron chi connectivity index (χ1n) is 7.30. The minimum absolute atomic E-state index is 0.131. The average molecular weight is 263 g/mol. The van der Waals surface area contributed by atoms with Crippen molar-refractivity contribution >= 4 is 0 Å². The van der Waals surface area contributed by atoms with E-state index >= 15 is 0 Å². The van der Waals surface area contributed by atoms with Gasteiger partial charge in [0.25, 0.3) is 0 Å². The van der Waals surface area contributed by atoms with Gasteiger partial charge >= 0.3 is 0 Å². The van der Waals surface area contributed by atoms with Crippen LogP contribution >= 0.6 is 0 Å². The van der Waals surface area contributed by atoms with Crippen molar-refractivity contribution in [1.29, 1.82) is 0 Å². The highest BCUT2D eigenvalue weighted by Crippen LogP contribution is 2.19. The predicted octanol–water partition coefficient (Wildman–Crippen LogP) is 1.80. The summed E-state index contributed by atoms with van der Waals surface area (Å²) in [5.74, 6) is 0. The molecular formula is C15H25N3O. The molecular weight excluding hydrogens is 238 g/mol. The number of ether oxygens (including phenoxy) is 1. The standard InChI is InChI=1S/C15H25N3O/c1-3-17(4-2)9-10-18-11-12-19-15(13-18)14-7-5-6-8-16-14/h5-8,15H,3-4,9-13H2,1-2H3. The van der Waals surface area contributed by atoms with Crippen LogP contribution in [0.25, 0.3) is 0 Å². The Morgan fingerprint density at radius 3 is 2.89 bits per heavy atom. The van der Waals surface area contributed by atoms with Gasteiger partial charge in [-0.2, -0.15) is 0 Å². The molecule has 1 saturated heterocycles.